The van der Waals surface area contributed by atoms with E-state index in [0.717, 1.165) is 0 Å². The summed E-state index contributed by atoms with van der Waals surface area (Å²) in [6, 6.07) is 17.4. The second-order valence-corrected chi connectivity index (χ2v) is 8.24. The van der Waals surface area contributed by atoms with Crippen molar-refractivity contribution in [2.75, 3.05) is 0 Å². The minimum atomic E-state index is -0.694. The Morgan fingerprint density at radius 2 is 1.97 bits per heavy atom. The molecular weight excluding hydrogens is 493 g/mol. The number of nitro benzene ring substituents is 1. The predicted octanol–water partition coefficient (Wildman–Crippen LogP) is 5.74. The standard InChI is InChI=1S/C25H15Cl2N3O5/c26-16-6-4-14(21(27)11-16)5-9-23(31)34-18-7-8-19-22(12-18)35-25(29)20(13-28)24(19)15-2-1-3-17(10-15)30(32)33/h1-12,24H,29H2/b9-5+. The quantitative estimate of drug-likeness (QED) is 0.153. The smallest absolute Gasteiger partial charge is 0.336 e. The van der Waals surface area contributed by atoms with E-state index in [-0.39, 0.29) is 28.6 Å². The highest BCUT2D eigenvalue weighted by Gasteiger charge is 2.31. The van der Waals surface area contributed by atoms with Crippen molar-refractivity contribution < 1.29 is 19.2 Å². The number of nitrogens with two attached hydrogens (primary N) is 1. The van der Waals surface area contributed by atoms with Gasteiger partial charge in [0.15, 0.2) is 0 Å². The molecule has 0 amide bonds. The predicted molar refractivity (Wildman–Crippen MR) is 130 cm³/mol. The number of nitriles is 1. The van der Waals surface area contributed by atoms with Crippen LogP contribution in [-0.2, 0) is 4.79 Å². The Morgan fingerprint density at radius 3 is 2.69 bits per heavy atom. The zero-order valence-electron chi connectivity index (χ0n) is 17.8. The normalized spacial score (nSPS) is 14.7. The number of halogens is 2. The van der Waals surface area contributed by atoms with Crippen LogP contribution in [-0.4, -0.2) is 10.9 Å². The third-order valence-corrected chi connectivity index (χ3v) is 5.75. The molecule has 0 spiro atoms. The van der Waals surface area contributed by atoms with Crippen LogP contribution in [0.2, 0.25) is 10.0 Å². The van der Waals surface area contributed by atoms with Crippen molar-refractivity contribution in [1.29, 1.82) is 5.26 Å². The zero-order chi connectivity index (χ0) is 25.1. The van der Waals surface area contributed by atoms with Gasteiger partial charge in [-0.25, -0.2) is 4.79 Å². The van der Waals surface area contributed by atoms with Crippen LogP contribution in [0.15, 0.2) is 78.2 Å². The first-order valence-electron chi connectivity index (χ1n) is 10.1. The molecule has 8 nitrogen and oxygen atoms in total. The summed E-state index contributed by atoms with van der Waals surface area (Å²) in [5.74, 6) is -1.07. The van der Waals surface area contributed by atoms with Gasteiger partial charge in [0.2, 0.25) is 5.88 Å². The number of nitro groups is 1. The summed E-state index contributed by atoms with van der Waals surface area (Å²) in [4.78, 5) is 23.0. The minimum Gasteiger partial charge on any atom is -0.440 e. The number of hydrogen-bond acceptors (Lipinski definition) is 7. The number of allylic oxidation sites excluding steroid dienone is 1. The first kappa shape index (κ1) is 23.8. The van der Waals surface area contributed by atoms with E-state index in [1.165, 1.54) is 42.5 Å². The van der Waals surface area contributed by atoms with Gasteiger partial charge in [0.05, 0.1) is 10.8 Å². The molecule has 1 atom stereocenters. The molecule has 0 saturated heterocycles. The number of hydrogen-bond donors (Lipinski definition) is 1. The molecule has 0 aromatic heterocycles. The fraction of sp³-hybridized carbons (Fsp3) is 0.0400. The van der Waals surface area contributed by atoms with Crippen molar-refractivity contribution in [1.82, 2.24) is 0 Å². The van der Waals surface area contributed by atoms with E-state index in [4.69, 9.17) is 38.4 Å². The maximum absolute atomic E-state index is 12.3. The second-order valence-electron chi connectivity index (χ2n) is 7.40. The summed E-state index contributed by atoms with van der Waals surface area (Å²) in [6.07, 6.45) is 2.71. The SMILES string of the molecule is N#CC1=C(N)Oc2cc(OC(=O)/C=C/c3ccc(Cl)cc3Cl)ccc2C1c1cccc([N+](=O)[O-])c1. The monoisotopic (exact) mass is 507 g/mol. The number of carbonyl (C=O) groups excluding carboxylic acids is 1. The van der Waals surface area contributed by atoms with Gasteiger partial charge in [-0.15, -0.1) is 0 Å². The molecule has 35 heavy (non-hydrogen) atoms. The number of rotatable bonds is 5. The van der Waals surface area contributed by atoms with E-state index in [0.29, 0.717) is 26.7 Å². The Labute approximate surface area is 209 Å². The Hall–Kier alpha value is -4.32. The summed E-state index contributed by atoms with van der Waals surface area (Å²) in [5, 5.41) is 21.7. The van der Waals surface area contributed by atoms with Crippen molar-refractivity contribution in [2.45, 2.75) is 5.92 Å². The summed E-state index contributed by atoms with van der Waals surface area (Å²) < 4.78 is 11.0. The van der Waals surface area contributed by atoms with Crippen LogP contribution in [0, 0.1) is 21.4 Å². The molecule has 4 rings (SSSR count). The number of nitrogens with zero attached hydrogens (tertiary/aromatic N) is 2. The molecule has 0 saturated carbocycles. The molecule has 0 radical (unpaired) electrons. The molecule has 10 heteroatoms. The van der Waals surface area contributed by atoms with Crippen LogP contribution in [0.25, 0.3) is 6.08 Å². The van der Waals surface area contributed by atoms with E-state index < -0.39 is 16.8 Å². The largest absolute Gasteiger partial charge is 0.440 e. The topological polar surface area (TPSA) is 128 Å². The van der Waals surface area contributed by atoms with Crippen molar-refractivity contribution >= 4 is 40.9 Å². The van der Waals surface area contributed by atoms with Gasteiger partial charge in [-0.3, -0.25) is 10.1 Å². The average Bonchev–Trinajstić information content (AvgIpc) is 2.82. The molecule has 0 fully saturated rings. The number of non-ortho nitro benzene ring substituents is 1. The molecule has 3 aromatic carbocycles. The minimum absolute atomic E-state index is 0.116. The third-order valence-electron chi connectivity index (χ3n) is 5.18. The molecule has 3 aromatic rings. The summed E-state index contributed by atoms with van der Waals surface area (Å²) in [6.45, 7) is 0. The lowest BCUT2D eigenvalue weighted by Gasteiger charge is -2.26. The first-order valence-corrected chi connectivity index (χ1v) is 10.8. The highest BCUT2D eigenvalue weighted by molar-refractivity contribution is 6.35. The van der Waals surface area contributed by atoms with Crippen LogP contribution >= 0.6 is 23.2 Å². The van der Waals surface area contributed by atoms with Gasteiger partial charge in [0.1, 0.15) is 23.1 Å². The third kappa shape index (κ3) is 5.11. The molecule has 1 heterocycles. The van der Waals surface area contributed by atoms with Crippen molar-refractivity contribution in [3.63, 3.8) is 0 Å². The second kappa shape index (κ2) is 9.89. The average molecular weight is 508 g/mol. The first-order chi connectivity index (χ1) is 16.8. The fourth-order valence-electron chi connectivity index (χ4n) is 3.60. The van der Waals surface area contributed by atoms with Crippen molar-refractivity contribution in [3.05, 3.63) is 115 Å². The molecule has 1 aliphatic heterocycles. The lowest BCUT2D eigenvalue weighted by Crippen LogP contribution is -2.21. The molecule has 1 unspecified atom stereocenters. The maximum atomic E-state index is 12.3. The van der Waals surface area contributed by atoms with Crippen LogP contribution in [0.5, 0.6) is 11.5 Å². The Morgan fingerprint density at radius 1 is 1.17 bits per heavy atom. The van der Waals surface area contributed by atoms with E-state index in [1.807, 2.05) is 6.07 Å². The van der Waals surface area contributed by atoms with Crippen LogP contribution < -0.4 is 15.2 Å². The summed E-state index contributed by atoms with van der Waals surface area (Å²) in [7, 11) is 0. The van der Waals surface area contributed by atoms with E-state index in [9.17, 15) is 20.2 Å². The number of ether oxygens (including phenoxy) is 2. The summed E-state index contributed by atoms with van der Waals surface area (Å²) in [5.41, 5.74) is 7.60. The van der Waals surface area contributed by atoms with Gasteiger partial charge in [0.25, 0.3) is 5.69 Å². The molecule has 174 valence electrons. The van der Waals surface area contributed by atoms with E-state index in [2.05, 4.69) is 0 Å². The van der Waals surface area contributed by atoms with Crippen LogP contribution in [0.3, 0.4) is 0 Å². The van der Waals surface area contributed by atoms with Crippen molar-refractivity contribution in [2.24, 2.45) is 5.73 Å². The maximum Gasteiger partial charge on any atom is 0.336 e. The molecule has 0 aliphatic carbocycles. The van der Waals surface area contributed by atoms with Crippen molar-refractivity contribution in [3.8, 4) is 17.6 Å². The van der Waals surface area contributed by atoms with E-state index in [1.54, 1.807) is 30.3 Å². The number of benzene rings is 3. The summed E-state index contributed by atoms with van der Waals surface area (Å²) >= 11 is 12.0. The van der Waals surface area contributed by atoms with Crippen LogP contribution in [0.4, 0.5) is 5.69 Å². The number of carbonyl (C=O) groups is 1. The van der Waals surface area contributed by atoms with Crippen LogP contribution in [0.1, 0.15) is 22.6 Å². The van der Waals surface area contributed by atoms with Gasteiger partial charge in [-0.05, 0) is 35.4 Å². The highest BCUT2D eigenvalue weighted by Crippen LogP contribution is 2.44. The molecule has 2 N–H and O–H groups in total. The molecular formula is C25H15Cl2N3O5. The lowest BCUT2D eigenvalue weighted by molar-refractivity contribution is -0.384. The van der Waals surface area contributed by atoms with E-state index >= 15 is 0 Å². The zero-order valence-corrected chi connectivity index (χ0v) is 19.3. The number of fused-ring (bicyclic) bond motifs is 1. The Kier molecular flexibility index (Phi) is 6.73. The van der Waals surface area contributed by atoms with Gasteiger partial charge in [-0.2, -0.15) is 5.26 Å². The Balaban J connectivity index is 1.62. The fourth-order valence-corrected chi connectivity index (χ4v) is 4.08. The lowest BCUT2D eigenvalue weighted by atomic mass is 9.83. The van der Waals surface area contributed by atoms with Gasteiger partial charge in [-0.1, -0.05) is 47.5 Å². The van der Waals surface area contributed by atoms with Gasteiger partial charge in [0, 0.05) is 39.9 Å². The van der Waals surface area contributed by atoms with Gasteiger partial charge < -0.3 is 15.2 Å². The Bertz CT molecular complexity index is 1460. The highest BCUT2D eigenvalue weighted by atomic mass is 35.5. The van der Waals surface area contributed by atoms with Gasteiger partial charge >= 0.3 is 5.97 Å². The number of esters is 1. The molecule has 1 aliphatic rings. The molecule has 0 bridgehead atoms.